The number of rotatable bonds is 5. The number of nitrogens with one attached hydrogen (secondary N) is 1. The highest BCUT2D eigenvalue weighted by Gasteiger charge is 2.08. The van der Waals surface area contributed by atoms with E-state index in [0.717, 1.165) is 0 Å². The van der Waals surface area contributed by atoms with Crippen LogP contribution in [0, 0.1) is 0 Å². The molecular formula is C11H15N3O4. The summed E-state index contributed by atoms with van der Waals surface area (Å²) in [6.07, 6.45) is -0.880. The van der Waals surface area contributed by atoms with E-state index in [-0.39, 0.29) is 19.1 Å². The molecule has 0 saturated carbocycles. The molecule has 0 bridgehead atoms. The standard InChI is InChI=1S/C11H15N3O4/c1-17-9-5-7(4-8(12)6-9)10(15)14-2-3-18-11(13)16/h4-6H,2-3,12H2,1H3,(H2,13,16)(H,14,15). The molecule has 0 atom stereocenters. The quantitative estimate of drug-likeness (QED) is 0.508. The third-order valence-electron chi connectivity index (χ3n) is 2.06. The Morgan fingerprint density at radius 1 is 1.33 bits per heavy atom. The first-order valence-corrected chi connectivity index (χ1v) is 5.18. The van der Waals surface area contributed by atoms with Crippen molar-refractivity contribution in [3.63, 3.8) is 0 Å². The summed E-state index contributed by atoms with van der Waals surface area (Å²) in [4.78, 5) is 22.0. The van der Waals surface area contributed by atoms with E-state index in [1.807, 2.05) is 0 Å². The second kappa shape index (κ2) is 6.33. The van der Waals surface area contributed by atoms with Gasteiger partial charge in [0.25, 0.3) is 5.91 Å². The lowest BCUT2D eigenvalue weighted by molar-refractivity contribution is 0.0936. The Balaban J connectivity index is 2.55. The molecule has 0 saturated heterocycles. The number of nitrogens with two attached hydrogens (primary N) is 2. The Morgan fingerprint density at radius 2 is 2.06 bits per heavy atom. The zero-order valence-electron chi connectivity index (χ0n) is 9.93. The fourth-order valence-corrected chi connectivity index (χ4v) is 1.29. The van der Waals surface area contributed by atoms with Crippen LogP contribution >= 0.6 is 0 Å². The number of methoxy groups -OCH3 is 1. The molecule has 1 aromatic rings. The van der Waals surface area contributed by atoms with Crippen LogP contribution in [-0.4, -0.2) is 32.3 Å². The summed E-state index contributed by atoms with van der Waals surface area (Å²) < 4.78 is 9.47. The van der Waals surface area contributed by atoms with Crippen molar-refractivity contribution in [1.82, 2.24) is 5.32 Å². The minimum atomic E-state index is -0.880. The molecule has 5 N–H and O–H groups in total. The van der Waals surface area contributed by atoms with Gasteiger partial charge in [0.05, 0.1) is 13.7 Å². The van der Waals surface area contributed by atoms with Crippen molar-refractivity contribution < 1.29 is 19.1 Å². The normalized spacial score (nSPS) is 9.61. The Bertz CT molecular complexity index is 448. The van der Waals surface area contributed by atoms with E-state index in [1.165, 1.54) is 13.2 Å². The van der Waals surface area contributed by atoms with Gasteiger partial charge in [-0.15, -0.1) is 0 Å². The maximum atomic E-state index is 11.7. The van der Waals surface area contributed by atoms with E-state index >= 15 is 0 Å². The van der Waals surface area contributed by atoms with Gasteiger partial charge >= 0.3 is 6.09 Å². The lowest BCUT2D eigenvalue weighted by Crippen LogP contribution is -2.29. The first-order chi connectivity index (χ1) is 8.52. The Hall–Kier alpha value is -2.44. The van der Waals surface area contributed by atoms with E-state index in [0.29, 0.717) is 17.0 Å². The zero-order valence-corrected chi connectivity index (χ0v) is 9.93. The molecule has 0 unspecified atom stereocenters. The van der Waals surface area contributed by atoms with Crippen molar-refractivity contribution in [3.8, 4) is 5.75 Å². The van der Waals surface area contributed by atoms with Gasteiger partial charge in [-0.1, -0.05) is 0 Å². The smallest absolute Gasteiger partial charge is 0.404 e. The third kappa shape index (κ3) is 4.20. The number of nitrogen functional groups attached to an aromatic ring is 1. The zero-order chi connectivity index (χ0) is 13.5. The van der Waals surface area contributed by atoms with Crippen molar-refractivity contribution in [3.05, 3.63) is 23.8 Å². The van der Waals surface area contributed by atoms with Gasteiger partial charge in [-0.05, 0) is 12.1 Å². The number of hydrogen-bond donors (Lipinski definition) is 3. The van der Waals surface area contributed by atoms with Crippen LogP contribution in [0.2, 0.25) is 0 Å². The topological polar surface area (TPSA) is 117 Å². The number of carbonyl (C=O) groups is 2. The predicted molar refractivity (Wildman–Crippen MR) is 65.3 cm³/mol. The van der Waals surface area contributed by atoms with Crippen LogP contribution in [0.3, 0.4) is 0 Å². The maximum absolute atomic E-state index is 11.7. The van der Waals surface area contributed by atoms with Crippen LogP contribution in [0.15, 0.2) is 18.2 Å². The average Bonchev–Trinajstić information content (AvgIpc) is 2.33. The third-order valence-corrected chi connectivity index (χ3v) is 2.06. The van der Waals surface area contributed by atoms with Crippen molar-refractivity contribution in [2.45, 2.75) is 0 Å². The molecule has 0 radical (unpaired) electrons. The minimum absolute atomic E-state index is 0.0144. The van der Waals surface area contributed by atoms with E-state index in [2.05, 4.69) is 10.1 Å². The van der Waals surface area contributed by atoms with Gasteiger partial charge < -0.3 is 26.3 Å². The van der Waals surface area contributed by atoms with Crippen molar-refractivity contribution in [2.24, 2.45) is 5.73 Å². The number of primary amides is 1. The lowest BCUT2D eigenvalue weighted by Gasteiger charge is -2.08. The van der Waals surface area contributed by atoms with Gasteiger partial charge in [-0.25, -0.2) is 4.79 Å². The van der Waals surface area contributed by atoms with Crippen LogP contribution in [0.1, 0.15) is 10.4 Å². The fraction of sp³-hybridized carbons (Fsp3) is 0.273. The molecule has 0 aliphatic rings. The molecule has 18 heavy (non-hydrogen) atoms. The second-order valence-electron chi connectivity index (χ2n) is 3.42. The first-order valence-electron chi connectivity index (χ1n) is 5.18. The summed E-state index contributed by atoms with van der Waals surface area (Å²) in [7, 11) is 1.48. The molecule has 0 heterocycles. The SMILES string of the molecule is COc1cc(N)cc(C(=O)NCCOC(N)=O)c1. The molecular weight excluding hydrogens is 238 g/mol. The molecule has 0 aromatic heterocycles. The van der Waals surface area contributed by atoms with Crippen LogP contribution in [0.25, 0.3) is 0 Å². The van der Waals surface area contributed by atoms with Gasteiger partial charge in [0.1, 0.15) is 12.4 Å². The number of hydrogen-bond acceptors (Lipinski definition) is 5. The monoisotopic (exact) mass is 253 g/mol. The summed E-state index contributed by atoms with van der Waals surface area (Å²) in [6, 6.07) is 4.68. The Morgan fingerprint density at radius 3 is 2.67 bits per heavy atom. The number of benzene rings is 1. The van der Waals surface area contributed by atoms with Gasteiger partial charge in [0.15, 0.2) is 0 Å². The molecule has 1 aromatic carbocycles. The number of ether oxygens (including phenoxy) is 2. The summed E-state index contributed by atoms with van der Waals surface area (Å²) in [6.45, 7) is 0.180. The average molecular weight is 253 g/mol. The van der Waals surface area contributed by atoms with Gasteiger partial charge in [0, 0.05) is 17.3 Å². The molecule has 0 aliphatic heterocycles. The second-order valence-corrected chi connectivity index (χ2v) is 3.42. The van der Waals surface area contributed by atoms with E-state index in [1.54, 1.807) is 12.1 Å². The van der Waals surface area contributed by atoms with Gasteiger partial charge in [-0.3, -0.25) is 4.79 Å². The Labute approximate surface area is 104 Å². The summed E-state index contributed by atoms with van der Waals surface area (Å²) in [5.74, 6) is 0.155. The molecule has 7 nitrogen and oxygen atoms in total. The highest BCUT2D eigenvalue weighted by Crippen LogP contribution is 2.18. The van der Waals surface area contributed by atoms with Crippen molar-refractivity contribution in [2.75, 3.05) is 26.0 Å². The maximum Gasteiger partial charge on any atom is 0.404 e. The molecule has 7 heteroatoms. The van der Waals surface area contributed by atoms with Crippen LogP contribution in [-0.2, 0) is 4.74 Å². The van der Waals surface area contributed by atoms with Crippen molar-refractivity contribution >= 4 is 17.7 Å². The van der Waals surface area contributed by atoms with Crippen LogP contribution in [0.4, 0.5) is 10.5 Å². The molecule has 2 amide bonds. The summed E-state index contributed by atoms with van der Waals surface area (Å²) in [5.41, 5.74) is 11.2. The van der Waals surface area contributed by atoms with Gasteiger partial charge in [0.2, 0.25) is 0 Å². The number of amides is 2. The minimum Gasteiger partial charge on any atom is -0.497 e. The number of anilines is 1. The van der Waals surface area contributed by atoms with Crippen LogP contribution < -0.4 is 21.5 Å². The van der Waals surface area contributed by atoms with Gasteiger partial charge in [-0.2, -0.15) is 0 Å². The summed E-state index contributed by atoms with van der Waals surface area (Å²) >= 11 is 0. The van der Waals surface area contributed by atoms with E-state index in [9.17, 15) is 9.59 Å². The lowest BCUT2D eigenvalue weighted by atomic mass is 10.2. The summed E-state index contributed by atoms with van der Waals surface area (Å²) in [5, 5.41) is 2.55. The van der Waals surface area contributed by atoms with Crippen LogP contribution in [0.5, 0.6) is 5.75 Å². The van der Waals surface area contributed by atoms with E-state index in [4.69, 9.17) is 16.2 Å². The fourth-order valence-electron chi connectivity index (χ4n) is 1.29. The molecule has 1 rings (SSSR count). The molecule has 0 spiro atoms. The molecule has 0 fully saturated rings. The highest BCUT2D eigenvalue weighted by atomic mass is 16.5. The first kappa shape index (κ1) is 13.6. The predicted octanol–water partition coefficient (Wildman–Crippen LogP) is 0.102. The van der Waals surface area contributed by atoms with Crippen molar-refractivity contribution in [1.29, 1.82) is 0 Å². The molecule has 98 valence electrons. The Kier molecular flexibility index (Phi) is 4.79. The largest absolute Gasteiger partial charge is 0.497 e. The number of carbonyl (C=O) groups excluding carboxylic acids is 2. The highest BCUT2D eigenvalue weighted by molar-refractivity contribution is 5.95. The molecule has 0 aliphatic carbocycles. The van der Waals surface area contributed by atoms with E-state index < -0.39 is 6.09 Å².